The molecule has 6 heteroatoms. The number of aliphatic carboxylic acids is 1. The lowest BCUT2D eigenvalue weighted by Crippen LogP contribution is -2.44. The summed E-state index contributed by atoms with van der Waals surface area (Å²) in [6.45, 7) is 5.79. The Balaban J connectivity index is 2.69. The first-order valence-corrected chi connectivity index (χ1v) is 7.39. The van der Waals surface area contributed by atoms with Gasteiger partial charge in [-0.1, -0.05) is 13.3 Å². The monoisotopic (exact) mass is 286 g/mol. The van der Waals surface area contributed by atoms with Crippen LogP contribution in [0.2, 0.25) is 0 Å². The van der Waals surface area contributed by atoms with Gasteiger partial charge in [-0.3, -0.25) is 4.79 Å². The van der Waals surface area contributed by atoms with Gasteiger partial charge in [0.2, 0.25) is 0 Å². The van der Waals surface area contributed by atoms with Crippen molar-refractivity contribution >= 4 is 12.0 Å². The highest BCUT2D eigenvalue weighted by atomic mass is 16.4. The maximum atomic E-state index is 12.4. The van der Waals surface area contributed by atoms with E-state index in [9.17, 15) is 14.7 Å². The fourth-order valence-corrected chi connectivity index (χ4v) is 2.85. The smallest absolute Gasteiger partial charge is 0.320 e. The Kier molecular flexibility index (Phi) is 6.26. The van der Waals surface area contributed by atoms with Crippen LogP contribution in [0.1, 0.15) is 39.5 Å². The van der Waals surface area contributed by atoms with Crippen molar-refractivity contribution in [2.24, 2.45) is 5.41 Å². The predicted octanol–water partition coefficient (Wildman–Crippen LogP) is 1.39. The lowest BCUT2D eigenvalue weighted by atomic mass is 9.83. The van der Waals surface area contributed by atoms with E-state index in [1.165, 1.54) is 0 Å². The molecule has 116 valence electrons. The summed E-state index contributed by atoms with van der Waals surface area (Å²) >= 11 is 0. The molecule has 1 aliphatic heterocycles. The second-order valence-electron chi connectivity index (χ2n) is 5.45. The number of hydrogen-bond acceptors (Lipinski definition) is 3. The van der Waals surface area contributed by atoms with Crippen LogP contribution in [0.5, 0.6) is 0 Å². The van der Waals surface area contributed by atoms with Crippen molar-refractivity contribution in [1.29, 1.82) is 0 Å². The molecule has 1 unspecified atom stereocenters. The Bertz CT molecular complexity index is 348. The third kappa shape index (κ3) is 3.62. The zero-order valence-electron chi connectivity index (χ0n) is 12.5. The highest BCUT2D eigenvalue weighted by Gasteiger charge is 2.45. The number of nitrogens with zero attached hydrogens (tertiary/aromatic N) is 2. The first kappa shape index (κ1) is 16.8. The lowest BCUT2D eigenvalue weighted by molar-refractivity contribution is -0.148. The maximum Gasteiger partial charge on any atom is 0.320 e. The molecule has 0 aromatic heterocycles. The number of carbonyl (C=O) groups excluding carboxylic acids is 1. The van der Waals surface area contributed by atoms with Crippen LogP contribution in [0, 0.1) is 5.41 Å². The van der Waals surface area contributed by atoms with Crippen molar-refractivity contribution in [2.45, 2.75) is 39.5 Å². The van der Waals surface area contributed by atoms with Gasteiger partial charge in [-0.15, -0.1) is 0 Å². The molecular weight excluding hydrogens is 260 g/mol. The van der Waals surface area contributed by atoms with Gasteiger partial charge in [0.05, 0.1) is 5.41 Å². The van der Waals surface area contributed by atoms with Gasteiger partial charge in [-0.25, -0.2) is 4.79 Å². The van der Waals surface area contributed by atoms with Gasteiger partial charge in [0.15, 0.2) is 0 Å². The summed E-state index contributed by atoms with van der Waals surface area (Å²) in [5.74, 6) is -0.798. The minimum atomic E-state index is -0.798. The minimum Gasteiger partial charge on any atom is -0.481 e. The summed E-state index contributed by atoms with van der Waals surface area (Å²) in [6, 6.07) is -0.111. The van der Waals surface area contributed by atoms with Crippen LogP contribution in [-0.4, -0.2) is 64.8 Å². The van der Waals surface area contributed by atoms with Gasteiger partial charge >= 0.3 is 12.0 Å². The fourth-order valence-electron chi connectivity index (χ4n) is 2.85. The normalized spacial score (nSPS) is 22.1. The average Bonchev–Trinajstić information content (AvgIpc) is 2.85. The molecule has 2 amide bonds. The van der Waals surface area contributed by atoms with E-state index in [-0.39, 0.29) is 12.6 Å². The standard InChI is InChI=1S/C14H26N2O4/c1-3-6-14(12(18)19)7-9-16(11-14)13(20)15(4-2)8-5-10-17/h17H,3-11H2,1-2H3,(H,18,19). The van der Waals surface area contributed by atoms with Crippen molar-refractivity contribution < 1.29 is 19.8 Å². The SMILES string of the molecule is CCCC1(C(=O)O)CCN(C(=O)N(CC)CCCO)C1. The van der Waals surface area contributed by atoms with Gasteiger partial charge in [0, 0.05) is 32.8 Å². The van der Waals surface area contributed by atoms with E-state index in [2.05, 4.69) is 0 Å². The molecule has 1 rings (SSSR count). The molecule has 20 heavy (non-hydrogen) atoms. The maximum absolute atomic E-state index is 12.4. The molecule has 0 aliphatic carbocycles. The highest BCUT2D eigenvalue weighted by molar-refractivity contribution is 5.79. The van der Waals surface area contributed by atoms with E-state index < -0.39 is 11.4 Å². The van der Waals surface area contributed by atoms with E-state index in [1.807, 2.05) is 13.8 Å². The number of aliphatic hydroxyl groups is 1. The Morgan fingerprint density at radius 1 is 1.35 bits per heavy atom. The predicted molar refractivity (Wildman–Crippen MR) is 75.5 cm³/mol. The Hall–Kier alpha value is -1.30. The lowest BCUT2D eigenvalue weighted by Gasteiger charge is -2.29. The molecule has 6 nitrogen and oxygen atoms in total. The van der Waals surface area contributed by atoms with Crippen molar-refractivity contribution in [1.82, 2.24) is 9.80 Å². The topological polar surface area (TPSA) is 81.1 Å². The molecule has 0 spiro atoms. The molecule has 1 heterocycles. The van der Waals surface area contributed by atoms with Gasteiger partial charge < -0.3 is 20.0 Å². The van der Waals surface area contributed by atoms with Crippen LogP contribution < -0.4 is 0 Å². The number of amides is 2. The van der Waals surface area contributed by atoms with Crippen LogP contribution in [0.3, 0.4) is 0 Å². The molecular formula is C14H26N2O4. The quantitative estimate of drug-likeness (QED) is 0.741. The summed E-state index contributed by atoms with van der Waals surface area (Å²) in [7, 11) is 0. The van der Waals surface area contributed by atoms with E-state index in [1.54, 1.807) is 9.80 Å². The third-order valence-corrected chi connectivity index (χ3v) is 4.04. The summed E-state index contributed by atoms with van der Waals surface area (Å²) in [5, 5.41) is 18.3. The van der Waals surface area contributed by atoms with E-state index in [0.29, 0.717) is 45.4 Å². The number of rotatable bonds is 7. The number of aliphatic hydroxyl groups excluding tert-OH is 1. The molecule has 1 fully saturated rings. The molecule has 0 bridgehead atoms. The number of hydrogen-bond donors (Lipinski definition) is 2. The van der Waals surface area contributed by atoms with E-state index in [0.717, 1.165) is 6.42 Å². The van der Waals surface area contributed by atoms with Crippen molar-refractivity contribution in [2.75, 3.05) is 32.8 Å². The highest BCUT2D eigenvalue weighted by Crippen LogP contribution is 2.36. The fraction of sp³-hybridized carbons (Fsp3) is 0.857. The number of urea groups is 1. The van der Waals surface area contributed by atoms with Crippen LogP contribution in [0.15, 0.2) is 0 Å². The zero-order valence-corrected chi connectivity index (χ0v) is 12.5. The number of carboxylic acid groups (broad SMARTS) is 1. The van der Waals surface area contributed by atoms with Crippen LogP contribution in [-0.2, 0) is 4.79 Å². The molecule has 0 aromatic rings. The Labute approximate surface area is 120 Å². The molecule has 1 saturated heterocycles. The van der Waals surface area contributed by atoms with E-state index in [4.69, 9.17) is 5.11 Å². The van der Waals surface area contributed by atoms with Gasteiger partial charge in [-0.05, 0) is 26.2 Å². The first-order valence-electron chi connectivity index (χ1n) is 7.39. The molecule has 0 aromatic carbocycles. The Morgan fingerprint density at radius 2 is 2.05 bits per heavy atom. The molecule has 2 N–H and O–H groups in total. The average molecular weight is 286 g/mol. The first-order chi connectivity index (χ1) is 9.50. The van der Waals surface area contributed by atoms with Crippen molar-refractivity contribution in [3.63, 3.8) is 0 Å². The number of likely N-dealkylation sites (tertiary alicyclic amines) is 1. The summed E-state index contributed by atoms with van der Waals surface area (Å²) in [5.41, 5.74) is -0.777. The summed E-state index contributed by atoms with van der Waals surface area (Å²) in [6.07, 6.45) is 2.48. The van der Waals surface area contributed by atoms with E-state index >= 15 is 0 Å². The summed E-state index contributed by atoms with van der Waals surface area (Å²) < 4.78 is 0. The third-order valence-electron chi connectivity index (χ3n) is 4.04. The van der Waals surface area contributed by atoms with Gasteiger partial charge in [-0.2, -0.15) is 0 Å². The minimum absolute atomic E-state index is 0.0542. The van der Waals surface area contributed by atoms with Crippen molar-refractivity contribution in [3.8, 4) is 0 Å². The molecule has 1 aliphatic rings. The number of carboxylic acids is 1. The van der Waals surface area contributed by atoms with Crippen molar-refractivity contribution in [3.05, 3.63) is 0 Å². The van der Waals surface area contributed by atoms with Crippen LogP contribution in [0.4, 0.5) is 4.79 Å². The second kappa shape index (κ2) is 7.47. The zero-order chi connectivity index (χ0) is 15.2. The summed E-state index contributed by atoms with van der Waals surface area (Å²) in [4.78, 5) is 27.2. The van der Waals surface area contributed by atoms with Crippen LogP contribution >= 0.6 is 0 Å². The number of carbonyl (C=O) groups is 2. The Morgan fingerprint density at radius 3 is 2.55 bits per heavy atom. The molecule has 0 radical (unpaired) electrons. The largest absolute Gasteiger partial charge is 0.481 e. The second-order valence-corrected chi connectivity index (χ2v) is 5.45. The molecule has 0 saturated carbocycles. The van der Waals surface area contributed by atoms with Crippen LogP contribution in [0.25, 0.3) is 0 Å². The van der Waals surface area contributed by atoms with Gasteiger partial charge in [0.1, 0.15) is 0 Å². The molecule has 1 atom stereocenters. The van der Waals surface area contributed by atoms with Gasteiger partial charge in [0.25, 0.3) is 0 Å².